The molecular weight excluding hydrogens is 434 g/mol. The molecule has 2 heterocycles. The molecule has 0 amide bonds. The van der Waals surface area contributed by atoms with Gasteiger partial charge in [-0.1, -0.05) is 28.1 Å². The van der Waals surface area contributed by atoms with Gasteiger partial charge >= 0.3 is 0 Å². The van der Waals surface area contributed by atoms with Gasteiger partial charge in [-0.2, -0.15) is 0 Å². The van der Waals surface area contributed by atoms with Crippen molar-refractivity contribution in [1.29, 1.82) is 0 Å². The van der Waals surface area contributed by atoms with E-state index in [9.17, 15) is 0 Å². The summed E-state index contributed by atoms with van der Waals surface area (Å²) in [5.74, 6) is 2.58. The maximum Gasteiger partial charge on any atom is 0.153 e. The molecule has 1 saturated heterocycles. The Morgan fingerprint density at radius 2 is 1.79 bits per heavy atom. The predicted molar refractivity (Wildman–Crippen MR) is 104 cm³/mol. The van der Waals surface area contributed by atoms with E-state index >= 15 is 0 Å². The van der Waals surface area contributed by atoms with E-state index in [1.54, 1.807) is 0 Å². The van der Waals surface area contributed by atoms with E-state index < -0.39 is 0 Å². The van der Waals surface area contributed by atoms with Crippen LogP contribution in [0.3, 0.4) is 0 Å². The highest BCUT2D eigenvalue weighted by atomic mass is 79.9. The summed E-state index contributed by atoms with van der Waals surface area (Å²) in [5.41, 5.74) is 1.88. The summed E-state index contributed by atoms with van der Waals surface area (Å²) in [7, 11) is 2.16. The first-order valence-corrected chi connectivity index (χ1v) is 9.49. The van der Waals surface area contributed by atoms with Gasteiger partial charge < -0.3 is 14.5 Å². The Hall–Kier alpha value is -1.37. The molecule has 2 aromatic carbocycles. The van der Waals surface area contributed by atoms with E-state index in [-0.39, 0.29) is 0 Å². The zero-order chi connectivity index (χ0) is 16.7. The molecule has 2 aliphatic rings. The van der Waals surface area contributed by atoms with Crippen LogP contribution in [0.15, 0.2) is 50.3 Å². The van der Waals surface area contributed by atoms with Crippen molar-refractivity contribution in [2.24, 2.45) is 4.99 Å². The minimum atomic E-state index is 0.783. The number of amidine groups is 1. The van der Waals surface area contributed by atoms with E-state index in [4.69, 9.17) is 9.73 Å². The van der Waals surface area contributed by atoms with Gasteiger partial charge in [0.25, 0.3) is 0 Å². The first kappa shape index (κ1) is 16.1. The van der Waals surface area contributed by atoms with Crippen LogP contribution in [0.1, 0.15) is 5.56 Å². The van der Waals surface area contributed by atoms with Gasteiger partial charge in [-0.15, -0.1) is 0 Å². The molecule has 0 bridgehead atoms. The van der Waals surface area contributed by atoms with Crippen LogP contribution >= 0.6 is 31.9 Å². The van der Waals surface area contributed by atoms with Gasteiger partial charge in [0.1, 0.15) is 11.5 Å². The molecule has 0 atom stereocenters. The smallest absolute Gasteiger partial charge is 0.153 e. The fourth-order valence-electron chi connectivity index (χ4n) is 3.01. The van der Waals surface area contributed by atoms with Crippen molar-refractivity contribution in [3.63, 3.8) is 0 Å². The van der Waals surface area contributed by atoms with Gasteiger partial charge in [0.15, 0.2) is 11.5 Å². The zero-order valence-electron chi connectivity index (χ0n) is 13.3. The van der Waals surface area contributed by atoms with Crippen LogP contribution in [0.25, 0.3) is 0 Å². The summed E-state index contributed by atoms with van der Waals surface area (Å²) < 4.78 is 8.14. The second-order valence-electron chi connectivity index (χ2n) is 6.06. The SMILES string of the molecule is CN1CCN(C2=Nc3ccccc3Oc3c(Br)cc(Br)cc32)CC1. The first-order chi connectivity index (χ1) is 11.6. The van der Waals surface area contributed by atoms with Crippen LogP contribution in [0.4, 0.5) is 5.69 Å². The van der Waals surface area contributed by atoms with Gasteiger partial charge in [0.05, 0.1) is 10.0 Å². The van der Waals surface area contributed by atoms with Crippen molar-refractivity contribution < 1.29 is 4.74 Å². The largest absolute Gasteiger partial charge is 0.453 e. The number of piperazine rings is 1. The highest BCUT2D eigenvalue weighted by Gasteiger charge is 2.26. The number of rotatable bonds is 0. The quantitative estimate of drug-likeness (QED) is 0.585. The van der Waals surface area contributed by atoms with E-state index in [1.807, 2.05) is 30.3 Å². The summed E-state index contributed by atoms with van der Waals surface area (Å²) in [5, 5.41) is 0. The maximum absolute atomic E-state index is 6.21. The van der Waals surface area contributed by atoms with E-state index in [2.05, 4.69) is 54.8 Å². The second-order valence-corrected chi connectivity index (χ2v) is 7.83. The molecule has 0 N–H and O–H groups in total. The molecular formula is C18H17Br2N3O. The minimum absolute atomic E-state index is 0.783. The van der Waals surface area contributed by atoms with Crippen molar-refractivity contribution in [3.05, 3.63) is 50.9 Å². The van der Waals surface area contributed by atoms with Crippen LogP contribution in [0.2, 0.25) is 0 Å². The molecule has 4 nitrogen and oxygen atoms in total. The molecule has 1 fully saturated rings. The molecule has 0 unspecified atom stereocenters. The van der Waals surface area contributed by atoms with Crippen LogP contribution in [0.5, 0.6) is 11.5 Å². The van der Waals surface area contributed by atoms with Gasteiger partial charge in [0.2, 0.25) is 0 Å². The molecule has 0 spiro atoms. The molecule has 0 saturated carbocycles. The zero-order valence-corrected chi connectivity index (χ0v) is 16.5. The Labute approximate surface area is 158 Å². The predicted octanol–water partition coefficient (Wildman–Crippen LogP) is 4.64. The van der Waals surface area contributed by atoms with Gasteiger partial charge in [-0.25, -0.2) is 4.99 Å². The molecule has 4 rings (SSSR count). The van der Waals surface area contributed by atoms with Gasteiger partial charge in [0, 0.05) is 30.7 Å². The molecule has 0 aliphatic carbocycles. The summed E-state index contributed by atoms with van der Waals surface area (Å²) >= 11 is 7.24. The van der Waals surface area contributed by atoms with Crippen LogP contribution < -0.4 is 4.74 Å². The van der Waals surface area contributed by atoms with Crippen molar-refractivity contribution in [3.8, 4) is 11.5 Å². The van der Waals surface area contributed by atoms with Crippen molar-refractivity contribution >= 4 is 43.4 Å². The Kier molecular flexibility index (Phi) is 4.37. The monoisotopic (exact) mass is 449 g/mol. The Bertz CT molecular complexity index is 814. The highest BCUT2D eigenvalue weighted by molar-refractivity contribution is 9.11. The topological polar surface area (TPSA) is 28.1 Å². The maximum atomic E-state index is 6.21. The minimum Gasteiger partial charge on any atom is -0.453 e. The lowest BCUT2D eigenvalue weighted by Gasteiger charge is -2.34. The third kappa shape index (κ3) is 2.98. The number of aliphatic imine (C=N–C) groups is 1. The average molecular weight is 451 g/mol. The number of halogens is 2. The van der Waals surface area contributed by atoms with Gasteiger partial charge in [-0.3, -0.25) is 0 Å². The summed E-state index contributed by atoms with van der Waals surface area (Å²) in [6.45, 7) is 3.99. The second kappa shape index (κ2) is 6.50. The first-order valence-electron chi connectivity index (χ1n) is 7.90. The number of fused-ring (bicyclic) bond motifs is 2. The molecule has 6 heteroatoms. The average Bonchev–Trinajstić information content (AvgIpc) is 2.73. The lowest BCUT2D eigenvalue weighted by Crippen LogP contribution is -2.47. The fraction of sp³-hybridized carbons (Fsp3) is 0.278. The molecule has 2 aromatic rings. The van der Waals surface area contributed by atoms with E-state index in [0.717, 1.165) is 63.7 Å². The summed E-state index contributed by atoms with van der Waals surface area (Å²) in [6, 6.07) is 12.0. The summed E-state index contributed by atoms with van der Waals surface area (Å²) in [6.07, 6.45) is 0. The van der Waals surface area contributed by atoms with Crippen molar-refractivity contribution in [1.82, 2.24) is 9.80 Å². The van der Waals surface area contributed by atoms with Gasteiger partial charge in [-0.05, 0) is 47.2 Å². The number of hydrogen-bond acceptors (Lipinski definition) is 4. The lowest BCUT2D eigenvalue weighted by molar-refractivity contribution is 0.215. The normalized spacial score (nSPS) is 17.5. The standard InChI is InChI=1S/C18H17Br2N3O/c1-22-6-8-23(9-7-22)18-13-10-12(19)11-14(20)17(13)24-16-5-3-2-4-15(16)21-18/h2-5,10-11H,6-9H2,1H3. The number of likely N-dealkylation sites (N-methyl/N-ethyl adjacent to an activating group) is 1. The number of hydrogen-bond donors (Lipinski definition) is 0. The number of benzene rings is 2. The molecule has 24 heavy (non-hydrogen) atoms. The molecule has 0 radical (unpaired) electrons. The van der Waals surface area contributed by atoms with Crippen LogP contribution in [0, 0.1) is 0 Å². The lowest BCUT2D eigenvalue weighted by atomic mass is 10.1. The number of ether oxygens (including phenoxy) is 1. The van der Waals surface area contributed by atoms with E-state index in [1.165, 1.54) is 0 Å². The van der Waals surface area contributed by atoms with Crippen LogP contribution in [-0.4, -0.2) is 48.9 Å². The fourth-order valence-corrected chi connectivity index (χ4v) is 4.32. The molecule has 0 aromatic heterocycles. The molecule has 2 aliphatic heterocycles. The van der Waals surface area contributed by atoms with Crippen molar-refractivity contribution in [2.75, 3.05) is 33.2 Å². The van der Waals surface area contributed by atoms with E-state index in [0.29, 0.717) is 0 Å². The Balaban J connectivity index is 1.88. The third-order valence-electron chi connectivity index (χ3n) is 4.36. The summed E-state index contributed by atoms with van der Waals surface area (Å²) in [4.78, 5) is 9.66. The Morgan fingerprint density at radius 3 is 2.58 bits per heavy atom. The third-order valence-corrected chi connectivity index (χ3v) is 5.40. The Morgan fingerprint density at radius 1 is 1.04 bits per heavy atom. The molecule has 124 valence electrons. The van der Waals surface area contributed by atoms with Crippen molar-refractivity contribution in [2.45, 2.75) is 0 Å². The number of nitrogens with zero attached hydrogens (tertiary/aromatic N) is 3. The van der Waals surface area contributed by atoms with Crippen LogP contribution in [-0.2, 0) is 0 Å². The number of para-hydroxylation sites is 2. The highest BCUT2D eigenvalue weighted by Crippen LogP contribution is 2.43.